The molecule has 1 aliphatic heterocycles. The summed E-state index contributed by atoms with van der Waals surface area (Å²) in [6.07, 6.45) is 0.789. The minimum absolute atomic E-state index is 0.0336. The first-order valence-corrected chi connectivity index (χ1v) is 10.6. The molecule has 0 spiro atoms. The molecule has 1 heterocycles. The Morgan fingerprint density at radius 3 is 2.43 bits per heavy atom. The highest BCUT2D eigenvalue weighted by molar-refractivity contribution is 7.89. The van der Waals surface area contributed by atoms with Crippen LogP contribution >= 0.6 is 11.6 Å². The van der Waals surface area contributed by atoms with Crippen LogP contribution in [0.2, 0.25) is 5.02 Å². The molecule has 1 aliphatic rings. The summed E-state index contributed by atoms with van der Waals surface area (Å²) in [6, 6.07) is 15.0. The summed E-state index contributed by atoms with van der Waals surface area (Å²) < 4.78 is 32.1. The van der Waals surface area contributed by atoms with Crippen LogP contribution in [0.15, 0.2) is 53.4 Å². The van der Waals surface area contributed by atoms with Crippen molar-refractivity contribution in [2.24, 2.45) is 5.92 Å². The lowest BCUT2D eigenvalue weighted by Crippen LogP contribution is -2.40. The fourth-order valence-corrected chi connectivity index (χ4v) is 4.71. The number of sulfonamides is 1. The molecular formula is C20H19ClN2O4S. The zero-order chi connectivity index (χ0) is 20.1. The number of ether oxygens (including phenoxy) is 1. The monoisotopic (exact) mass is 418 g/mol. The van der Waals surface area contributed by atoms with Crippen LogP contribution in [0.5, 0.6) is 0 Å². The molecule has 146 valence electrons. The van der Waals surface area contributed by atoms with Gasteiger partial charge in [0.15, 0.2) is 0 Å². The summed E-state index contributed by atoms with van der Waals surface area (Å²) >= 11 is 5.82. The molecule has 0 N–H and O–H groups in total. The maximum atomic E-state index is 12.7. The van der Waals surface area contributed by atoms with E-state index < -0.39 is 10.0 Å². The molecule has 2 aromatic carbocycles. The van der Waals surface area contributed by atoms with Gasteiger partial charge in [-0.15, -0.1) is 0 Å². The fourth-order valence-electron chi connectivity index (χ4n) is 3.11. The maximum Gasteiger partial charge on any atom is 0.309 e. The number of carbonyl (C=O) groups excluding carboxylic acids is 1. The van der Waals surface area contributed by atoms with Crippen LogP contribution in [0.25, 0.3) is 0 Å². The van der Waals surface area contributed by atoms with E-state index in [-0.39, 0.29) is 36.5 Å². The SMILES string of the molecule is N#Cc1ccccc1COC(=O)C1CCN(S(=O)(=O)c2ccc(Cl)cc2)CC1. The van der Waals surface area contributed by atoms with Crippen molar-refractivity contribution in [1.29, 1.82) is 5.26 Å². The molecule has 3 rings (SSSR count). The largest absolute Gasteiger partial charge is 0.461 e. The Labute approximate surface area is 169 Å². The molecule has 0 saturated carbocycles. The molecular weight excluding hydrogens is 400 g/mol. The molecule has 0 amide bonds. The second-order valence-electron chi connectivity index (χ2n) is 6.51. The lowest BCUT2D eigenvalue weighted by atomic mass is 9.98. The lowest BCUT2D eigenvalue weighted by molar-refractivity contribution is -0.151. The number of nitrogens with zero attached hydrogens (tertiary/aromatic N) is 2. The Balaban J connectivity index is 1.57. The van der Waals surface area contributed by atoms with Crippen molar-refractivity contribution in [3.05, 3.63) is 64.7 Å². The number of hydrogen-bond acceptors (Lipinski definition) is 5. The lowest BCUT2D eigenvalue weighted by Gasteiger charge is -2.30. The van der Waals surface area contributed by atoms with Crippen molar-refractivity contribution in [2.45, 2.75) is 24.3 Å². The quantitative estimate of drug-likeness (QED) is 0.695. The first-order valence-electron chi connectivity index (χ1n) is 8.82. The molecule has 1 saturated heterocycles. The predicted molar refractivity (Wildman–Crippen MR) is 104 cm³/mol. The molecule has 0 atom stereocenters. The Morgan fingerprint density at radius 2 is 1.79 bits per heavy atom. The normalized spacial score (nSPS) is 15.7. The molecule has 0 bridgehead atoms. The van der Waals surface area contributed by atoms with Gasteiger partial charge in [-0.25, -0.2) is 8.42 Å². The van der Waals surface area contributed by atoms with Crippen LogP contribution in [-0.2, 0) is 26.2 Å². The summed E-state index contributed by atoms with van der Waals surface area (Å²) in [5, 5.41) is 9.56. The van der Waals surface area contributed by atoms with E-state index >= 15 is 0 Å². The van der Waals surface area contributed by atoms with Gasteiger partial charge in [0.2, 0.25) is 10.0 Å². The van der Waals surface area contributed by atoms with Crippen molar-refractivity contribution >= 4 is 27.6 Å². The van der Waals surface area contributed by atoms with Crippen LogP contribution < -0.4 is 0 Å². The van der Waals surface area contributed by atoms with E-state index in [2.05, 4.69) is 6.07 Å². The fraction of sp³-hybridized carbons (Fsp3) is 0.300. The van der Waals surface area contributed by atoms with Gasteiger partial charge in [-0.3, -0.25) is 4.79 Å². The molecule has 8 heteroatoms. The second-order valence-corrected chi connectivity index (χ2v) is 8.88. The number of nitriles is 1. The van der Waals surface area contributed by atoms with Crippen molar-refractivity contribution in [3.63, 3.8) is 0 Å². The van der Waals surface area contributed by atoms with Gasteiger partial charge in [-0.2, -0.15) is 9.57 Å². The number of hydrogen-bond donors (Lipinski definition) is 0. The summed E-state index contributed by atoms with van der Waals surface area (Å²) in [4.78, 5) is 12.5. The highest BCUT2D eigenvalue weighted by Gasteiger charge is 2.32. The van der Waals surface area contributed by atoms with Crippen molar-refractivity contribution < 1.29 is 17.9 Å². The minimum Gasteiger partial charge on any atom is -0.461 e. The third-order valence-electron chi connectivity index (χ3n) is 4.75. The summed E-state index contributed by atoms with van der Waals surface area (Å²) in [5.74, 6) is -0.720. The smallest absolute Gasteiger partial charge is 0.309 e. The molecule has 0 radical (unpaired) electrons. The molecule has 28 heavy (non-hydrogen) atoms. The molecule has 2 aromatic rings. The third kappa shape index (κ3) is 4.53. The van der Waals surface area contributed by atoms with Crippen LogP contribution in [0, 0.1) is 17.2 Å². The highest BCUT2D eigenvalue weighted by atomic mass is 35.5. The van der Waals surface area contributed by atoms with Gasteiger partial charge >= 0.3 is 5.97 Å². The first kappa shape index (κ1) is 20.3. The first-order chi connectivity index (χ1) is 13.4. The van der Waals surface area contributed by atoms with Crippen molar-refractivity contribution in [2.75, 3.05) is 13.1 Å². The van der Waals surface area contributed by atoms with Gasteiger partial charge in [0, 0.05) is 23.7 Å². The van der Waals surface area contributed by atoms with E-state index in [1.165, 1.54) is 28.6 Å². The van der Waals surface area contributed by atoms with Gasteiger partial charge in [-0.05, 0) is 43.2 Å². The molecule has 1 fully saturated rings. The van der Waals surface area contributed by atoms with E-state index in [1.807, 2.05) is 0 Å². The second kappa shape index (κ2) is 8.74. The van der Waals surface area contributed by atoms with E-state index in [9.17, 15) is 13.2 Å². The minimum atomic E-state index is -3.61. The van der Waals surface area contributed by atoms with Gasteiger partial charge in [-0.1, -0.05) is 29.8 Å². The number of carbonyl (C=O) groups is 1. The molecule has 6 nitrogen and oxygen atoms in total. The number of benzene rings is 2. The van der Waals surface area contributed by atoms with Gasteiger partial charge < -0.3 is 4.74 Å². The van der Waals surface area contributed by atoms with E-state index in [0.717, 1.165) is 0 Å². The zero-order valence-corrected chi connectivity index (χ0v) is 16.6. The van der Waals surface area contributed by atoms with Gasteiger partial charge in [0.05, 0.1) is 22.4 Å². The van der Waals surface area contributed by atoms with Gasteiger partial charge in [0.1, 0.15) is 6.61 Å². The van der Waals surface area contributed by atoms with Crippen LogP contribution in [0.3, 0.4) is 0 Å². The molecule has 0 unspecified atom stereocenters. The Kier molecular flexibility index (Phi) is 6.35. The maximum absolute atomic E-state index is 12.7. The van der Waals surface area contributed by atoms with Gasteiger partial charge in [0.25, 0.3) is 0 Å². The number of esters is 1. The van der Waals surface area contributed by atoms with E-state index in [4.69, 9.17) is 21.6 Å². The summed E-state index contributed by atoms with van der Waals surface area (Å²) in [6.45, 7) is 0.533. The van der Waals surface area contributed by atoms with E-state index in [1.54, 1.807) is 24.3 Å². The highest BCUT2D eigenvalue weighted by Crippen LogP contribution is 2.25. The standard InChI is InChI=1S/C20H19ClN2O4S/c21-18-5-7-19(8-6-18)28(25,26)23-11-9-15(10-12-23)20(24)27-14-17-4-2-1-3-16(17)13-22/h1-8,15H,9-12,14H2. The van der Waals surface area contributed by atoms with Crippen LogP contribution in [-0.4, -0.2) is 31.8 Å². The van der Waals surface area contributed by atoms with Crippen molar-refractivity contribution in [3.8, 4) is 6.07 Å². The summed E-state index contributed by atoms with van der Waals surface area (Å²) in [7, 11) is -3.61. The van der Waals surface area contributed by atoms with Crippen LogP contribution in [0.1, 0.15) is 24.0 Å². The Morgan fingerprint density at radius 1 is 1.14 bits per heavy atom. The number of piperidine rings is 1. The van der Waals surface area contributed by atoms with Crippen molar-refractivity contribution in [1.82, 2.24) is 4.31 Å². The van der Waals surface area contributed by atoms with Crippen LogP contribution in [0.4, 0.5) is 0 Å². The third-order valence-corrected chi connectivity index (χ3v) is 6.91. The Bertz CT molecular complexity index is 992. The average molecular weight is 419 g/mol. The predicted octanol–water partition coefficient (Wildman–Crippen LogP) is 3.36. The zero-order valence-electron chi connectivity index (χ0n) is 15.0. The number of halogens is 1. The number of rotatable bonds is 5. The topological polar surface area (TPSA) is 87.5 Å². The molecule has 0 aromatic heterocycles. The summed E-state index contributed by atoms with van der Waals surface area (Å²) in [5.41, 5.74) is 1.13. The Hall–Kier alpha value is -2.40. The van der Waals surface area contributed by atoms with E-state index in [0.29, 0.717) is 29.0 Å². The molecule has 0 aliphatic carbocycles. The average Bonchev–Trinajstić information content (AvgIpc) is 2.72.